The summed E-state index contributed by atoms with van der Waals surface area (Å²) in [5.74, 6) is -1.36. The summed E-state index contributed by atoms with van der Waals surface area (Å²) in [4.78, 5) is 23.5. The number of ether oxygens (including phenoxy) is 1. The predicted molar refractivity (Wildman–Crippen MR) is 74.3 cm³/mol. The Morgan fingerprint density at radius 2 is 2.00 bits per heavy atom. The zero-order chi connectivity index (χ0) is 14.6. The third-order valence-corrected chi connectivity index (χ3v) is 4.62. The summed E-state index contributed by atoms with van der Waals surface area (Å²) in [7, 11) is 0. The number of carboxylic acids is 1. The molecule has 1 aliphatic heterocycles. The van der Waals surface area contributed by atoms with Crippen molar-refractivity contribution in [2.24, 2.45) is 5.92 Å². The second-order valence-electron chi connectivity index (χ2n) is 6.29. The molecular weight excluding hydrogens is 258 g/mol. The molecule has 0 aromatic carbocycles. The monoisotopic (exact) mass is 283 g/mol. The van der Waals surface area contributed by atoms with Gasteiger partial charge >= 0.3 is 5.97 Å². The number of amides is 1. The second kappa shape index (κ2) is 6.57. The van der Waals surface area contributed by atoms with Crippen LogP contribution in [-0.2, 0) is 14.3 Å². The third kappa shape index (κ3) is 3.72. The summed E-state index contributed by atoms with van der Waals surface area (Å²) in [6.07, 6.45) is 6.72. The minimum absolute atomic E-state index is 0.000723. The minimum atomic E-state index is -0.804. The maximum absolute atomic E-state index is 12.2. The molecule has 20 heavy (non-hydrogen) atoms. The molecule has 3 unspecified atom stereocenters. The Kier molecular flexibility index (Phi) is 5.02. The SMILES string of the molecule is CC1(NC(=O)CC2CCCCO2)CCCCC1C(=O)O. The van der Waals surface area contributed by atoms with E-state index < -0.39 is 17.4 Å². The summed E-state index contributed by atoms with van der Waals surface area (Å²) in [5.41, 5.74) is -0.615. The summed E-state index contributed by atoms with van der Waals surface area (Å²) < 4.78 is 5.57. The van der Waals surface area contributed by atoms with E-state index >= 15 is 0 Å². The van der Waals surface area contributed by atoms with E-state index in [2.05, 4.69) is 5.32 Å². The highest BCUT2D eigenvalue weighted by atomic mass is 16.5. The van der Waals surface area contributed by atoms with Crippen LogP contribution in [0.1, 0.15) is 58.3 Å². The lowest BCUT2D eigenvalue weighted by Crippen LogP contribution is -2.55. The molecule has 1 amide bonds. The van der Waals surface area contributed by atoms with Crippen LogP contribution in [0.2, 0.25) is 0 Å². The molecule has 0 bridgehead atoms. The molecule has 0 radical (unpaired) electrons. The maximum atomic E-state index is 12.2. The lowest BCUT2D eigenvalue weighted by atomic mass is 9.74. The fourth-order valence-electron chi connectivity index (χ4n) is 3.42. The first-order valence-corrected chi connectivity index (χ1v) is 7.67. The Labute approximate surface area is 120 Å². The summed E-state index contributed by atoms with van der Waals surface area (Å²) in [6.45, 7) is 2.59. The van der Waals surface area contributed by atoms with Gasteiger partial charge in [-0.3, -0.25) is 9.59 Å². The highest BCUT2D eigenvalue weighted by molar-refractivity contribution is 5.79. The molecule has 2 aliphatic rings. The fourth-order valence-corrected chi connectivity index (χ4v) is 3.42. The average molecular weight is 283 g/mol. The molecule has 2 rings (SSSR count). The molecule has 0 aromatic rings. The number of carbonyl (C=O) groups is 2. The molecule has 0 spiro atoms. The molecule has 2 N–H and O–H groups in total. The molecule has 3 atom stereocenters. The van der Waals surface area contributed by atoms with Crippen LogP contribution in [0, 0.1) is 5.92 Å². The van der Waals surface area contributed by atoms with Crippen molar-refractivity contribution in [3.8, 4) is 0 Å². The van der Waals surface area contributed by atoms with E-state index in [1.165, 1.54) is 0 Å². The van der Waals surface area contributed by atoms with Gasteiger partial charge in [0.15, 0.2) is 0 Å². The molecule has 1 heterocycles. The van der Waals surface area contributed by atoms with Crippen LogP contribution in [0.4, 0.5) is 0 Å². The summed E-state index contributed by atoms with van der Waals surface area (Å²) in [5, 5.41) is 12.3. The van der Waals surface area contributed by atoms with Gasteiger partial charge in [-0.1, -0.05) is 12.8 Å². The first-order valence-electron chi connectivity index (χ1n) is 7.67. The molecule has 5 heteroatoms. The summed E-state index contributed by atoms with van der Waals surface area (Å²) in [6, 6.07) is 0. The van der Waals surface area contributed by atoms with Crippen molar-refractivity contribution < 1.29 is 19.4 Å². The topological polar surface area (TPSA) is 75.6 Å². The first-order chi connectivity index (χ1) is 9.51. The van der Waals surface area contributed by atoms with Gasteiger partial charge in [-0.2, -0.15) is 0 Å². The molecule has 0 aromatic heterocycles. The van der Waals surface area contributed by atoms with Crippen molar-refractivity contribution in [3.05, 3.63) is 0 Å². The Morgan fingerprint density at radius 3 is 2.65 bits per heavy atom. The van der Waals surface area contributed by atoms with Crippen molar-refractivity contribution in [2.45, 2.75) is 69.9 Å². The summed E-state index contributed by atoms with van der Waals surface area (Å²) >= 11 is 0. The Balaban J connectivity index is 1.91. The highest BCUT2D eigenvalue weighted by Crippen LogP contribution is 2.34. The quantitative estimate of drug-likeness (QED) is 0.828. The third-order valence-electron chi connectivity index (χ3n) is 4.62. The number of hydrogen-bond acceptors (Lipinski definition) is 3. The molecule has 5 nitrogen and oxygen atoms in total. The van der Waals surface area contributed by atoms with Crippen LogP contribution >= 0.6 is 0 Å². The Morgan fingerprint density at radius 1 is 1.25 bits per heavy atom. The highest BCUT2D eigenvalue weighted by Gasteiger charge is 2.42. The van der Waals surface area contributed by atoms with Crippen molar-refractivity contribution in [2.75, 3.05) is 6.61 Å². The maximum Gasteiger partial charge on any atom is 0.308 e. The van der Waals surface area contributed by atoms with E-state index in [-0.39, 0.29) is 12.0 Å². The van der Waals surface area contributed by atoms with Crippen LogP contribution < -0.4 is 5.32 Å². The smallest absolute Gasteiger partial charge is 0.308 e. The number of rotatable bonds is 4. The van der Waals surface area contributed by atoms with Crippen molar-refractivity contribution >= 4 is 11.9 Å². The zero-order valence-electron chi connectivity index (χ0n) is 12.2. The lowest BCUT2D eigenvalue weighted by Gasteiger charge is -2.40. The van der Waals surface area contributed by atoms with Gasteiger partial charge in [0.2, 0.25) is 5.91 Å². The molecule has 2 fully saturated rings. The van der Waals surface area contributed by atoms with E-state index in [1.54, 1.807) is 0 Å². The predicted octanol–water partition coefficient (Wildman–Crippen LogP) is 2.10. The molecule has 1 saturated heterocycles. The number of aliphatic carboxylic acids is 1. The standard InChI is InChI=1S/C15H25NO4/c1-15(8-4-2-7-12(15)14(18)19)16-13(17)10-11-6-3-5-9-20-11/h11-12H,2-10H2,1H3,(H,16,17)(H,18,19). The molecule has 114 valence electrons. The van der Waals surface area contributed by atoms with Crippen LogP contribution in [0.25, 0.3) is 0 Å². The van der Waals surface area contributed by atoms with Gasteiger partial charge in [0, 0.05) is 6.61 Å². The van der Waals surface area contributed by atoms with Gasteiger partial charge in [0.1, 0.15) is 0 Å². The minimum Gasteiger partial charge on any atom is -0.481 e. The average Bonchev–Trinajstić information content (AvgIpc) is 2.39. The van der Waals surface area contributed by atoms with Crippen LogP contribution in [0.5, 0.6) is 0 Å². The number of nitrogens with one attached hydrogen (secondary N) is 1. The Hall–Kier alpha value is -1.10. The van der Waals surface area contributed by atoms with E-state index in [0.29, 0.717) is 12.8 Å². The van der Waals surface area contributed by atoms with Crippen molar-refractivity contribution in [3.63, 3.8) is 0 Å². The van der Waals surface area contributed by atoms with Gasteiger partial charge in [0.25, 0.3) is 0 Å². The van der Waals surface area contributed by atoms with Gasteiger partial charge in [0.05, 0.1) is 24.0 Å². The number of hydrogen-bond donors (Lipinski definition) is 2. The van der Waals surface area contributed by atoms with Gasteiger partial charge in [-0.15, -0.1) is 0 Å². The van der Waals surface area contributed by atoms with Crippen LogP contribution in [-0.4, -0.2) is 35.2 Å². The number of carboxylic acid groups (broad SMARTS) is 1. The van der Waals surface area contributed by atoms with E-state index in [9.17, 15) is 14.7 Å². The first kappa shape index (κ1) is 15.3. The zero-order valence-corrected chi connectivity index (χ0v) is 12.2. The fraction of sp³-hybridized carbons (Fsp3) is 0.867. The van der Waals surface area contributed by atoms with Crippen LogP contribution in [0.15, 0.2) is 0 Å². The number of carbonyl (C=O) groups excluding carboxylic acids is 1. The molecule has 1 saturated carbocycles. The Bertz CT molecular complexity index is 365. The van der Waals surface area contributed by atoms with Crippen molar-refractivity contribution in [1.29, 1.82) is 0 Å². The van der Waals surface area contributed by atoms with Gasteiger partial charge in [-0.25, -0.2) is 0 Å². The second-order valence-corrected chi connectivity index (χ2v) is 6.29. The van der Waals surface area contributed by atoms with Gasteiger partial charge in [-0.05, 0) is 39.0 Å². The largest absolute Gasteiger partial charge is 0.481 e. The molecule has 1 aliphatic carbocycles. The van der Waals surface area contributed by atoms with Crippen LogP contribution in [0.3, 0.4) is 0 Å². The van der Waals surface area contributed by atoms with E-state index in [4.69, 9.17) is 4.74 Å². The van der Waals surface area contributed by atoms with E-state index in [1.807, 2.05) is 6.92 Å². The lowest BCUT2D eigenvalue weighted by molar-refractivity contribution is -0.147. The van der Waals surface area contributed by atoms with E-state index in [0.717, 1.165) is 45.1 Å². The normalized spacial score (nSPS) is 34.5. The van der Waals surface area contributed by atoms with Gasteiger partial charge < -0.3 is 15.2 Å². The van der Waals surface area contributed by atoms with Crippen molar-refractivity contribution in [1.82, 2.24) is 5.32 Å². The molecular formula is C15H25NO4.